The van der Waals surface area contributed by atoms with Gasteiger partial charge in [0.25, 0.3) is 5.91 Å². The molecule has 0 aliphatic rings. The molecule has 0 aliphatic carbocycles. The van der Waals surface area contributed by atoms with Gasteiger partial charge in [-0.25, -0.2) is 8.42 Å². The van der Waals surface area contributed by atoms with Crippen LogP contribution in [-0.4, -0.2) is 47.2 Å². The van der Waals surface area contributed by atoms with Crippen LogP contribution in [0.1, 0.15) is 32.4 Å². The van der Waals surface area contributed by atoms with Gasteiger partial charge in [-0.1, -0.05) is 38.4 Å². The van der Waals surface area contributed by atoms with E-state index in [1.807, 2.05) is 0 Å². The molecule has 3 N–H and O–H groups in total. The van der Waals surface area contributed by atoms with E-state index in [0.717, 1.165) is 28.9 Å². The highest BCUT2D eigenvalue weighted by Gasteiger charge is 2.33. The van der Waals surface area contributed by atoms with Crippen molar-refractivity contribution in [2.45, 2.75) is 45.0 Å². The number of benzene rings is 2. The minimum Gasteiger partial charge on any atom is -0.506 e. The van der Waals surface area contributed by atoms with Crippen LogP contribution in [0.4, 0.5) is 5.69 Å². The summed E-state index contributed by atoms with van der Waals surface area (Å²) in [7, 11) is -5.70. The molecule has 0 radical (unpaired) electrons. The number of amides is 1. The van der Waals surface area contributed by atoms with Gasteiger partial charge in [-0.15, -0.1) is 0 Å². The molecule has 0 saturated carbocycles. The number of aromatic hydroxyl groups is 1. The van der Waals surface area contributed by atoms with Crippen LogP contribution < -0.4 is 14.8 Å². The van der Waals surface area contributed by atoms with Gasteiger partial charge in [0.1, 0.15) is 11.5 Å². The highest BCUT2D eigenvalue weighted by atomic mass is 79.9. The second kappa shape index (κ2) is 13.0. The zero-order chi connectivity index (χ0) is 26.2. The molecule has 2 rings (SSSR count). The number of halogens is 2. The Labute approximate surface area is 221 Å². The third-order valence-corrected chi connectivity index (χ3v) is 12.2. The fourth-order valence-corrected chi connectivity index (χ4v) is 7.34. The summed E-state index contributed by atoms with van der Waals surface area (Å²) in [4.78, 5) is 12.5. The van der Waals surface area contributed by atoms with Gasteiger partial charge in [-0.3, -0.25) is 9.52 Å². The van der Waals surface area contributed by atoms with Crippen LogP contribution >= 0.6 is 27.5 Å². The molecule has 1 atom stereocenters. The van der Waals surface area contributed by atoms with E-state index in [1.165, 1.54) is 12.1 Å². The number of nitrogens with one attached hydrogen (secondary N) is 2. The molecule has 0 saturated heterocycles. The van der Waals surface area contributed by atoms with Gasteiger partial charge in [0.2, 0.25) is 10.0 Å². The lowest BCUT2D eigenvalue weighted by Crippen LogP contribution is -2.41. The molecule has 12 heteroatoms. The number of carbonyl (C=O) groups excluding carboxylic acids is 1. The fourth-order valence-electron chi connectivity index (χ4n) is 3.54. The van der Waals surface area contributed by atoms with E-state index >= 15 is 0 Å². The second-order valence-corrected chi connectivity index (χ2v) is 15.9. The lowest BCUT2D eigenvalue weighted by molar-refractivity contribution is -0.123. The fraction of sp³-hybridized carbons (Fsp3) is 0.435. The zero-order valence-corrected chi connectivity index (χ0v) is 24.4. The van der Waals surface area contributed by atoms with Gasteiger partial charge in [0.05, 0.1) is 23.1 Å². The average molecular weight is 608 g/mol. The van der Waals surface area contributed by atoms with E-state index in [1.54, 1.807) is 24.3 Å². The first-order valence-corrected chi connectivity index (χ1v) is 16.8. The van der Waals surface area contributed by atoms with Gasteiger partial charge in [-0.05, 0) is 70.0 Å². The summed E-state index contributed by atoms with van der Waals surface area (Å²) < 4.78 is 38.7. The maximum Gasteiger partial charge on any atom is 0.258 e. The summed E-state index contributed by atoms with van der Waals surface area (Å²) in [5, 5.41) is 13.4. The third-order valence-electron chi connectivity index (χ3n) is 5.76. The number of anilines is 1. The van der Waals surface area contributed by atoms with Crippen molar-refractivity contribution in [2.75, 3.05) is 24.1 Å². The van der Waals surface area contributed by atoms with Crippen LogP contribution in [0.25, 0.3) is 0 Å². The Kier molecular flexibility index (Phi) is 10.9. The highest BCUT2D eigenvalue weighted by Crippen LogP contribution is 2.33. The summed E-state index contributed by atoms with van der Waals surface area (Å²) >= 11 is 9.37. The van der Waals surface area contributed by atoms with Crippen LogP contribution in [0.15, 0.2) is 40.9 Å². The Morgan fingerprint density at radius 3 is 2.37 bits per heavy atom. The van der Waals surface area contributed by atoms with Crippen molar-refractivity contribution < 1.29 is 27.5 Å². The molecule has 0 bridgehead atoms. The molecule has 0 spiro atoms. The standard InChI is InChI=1S/C23H32BrClN2O6SSi/c1-5-35(6-2,7-3)33-22(16-8-11-21(28)20(12-16)27-34(4,30)31)14-26-23(29)15-32-17-9-10-18(24)19(25)13-17/h8-13,22,27-28H,5-7,14-15H2,1-4H3,(H,26,29). The van der Waals surface area contributed by atoms with Crippen LogP contribution in [0.5, 0.6) is 11.5 Å². The van der Waals surface area contributed by atoms with Crippen molar-refractivity contribution in [1.29, 1.82) is 0 Å². The molecule has 0 aromatic heterocycles. The van der Waals surface area contributed by atoms with E-state index in [0.29, 0.717) is 16.3 Å². The summed E-state index contributed by atoms with van der Waals surface area (Å²) in [6.45, 7) is 6.23. The van der Waals surface area contributed by atoms with E-state index in [4.69, 9.17) is 20.8 Å². The number of phenolic OH excluding ortho intramolecular Hbond substituents is 1. The van der Waals surface area contributed by atoms with Gasteiger partial charge < -0.3 is 19.6 Å². The SMILES string of the molecule is CC[Si](CC)(CC)OC(CNC(=O)COc1ccc(Br)c(Cl)c1)c1ccc(O)c(NS(C)(=O)=O)c1. The first kappa shape index (κ1) is 29.4. The minimum atomic E-state index is -3.60. The monoisotopic (exact) mass is 606 g/mol. The van der Waals surface area contributed by atoms with Crippen molar-refractivity contribution in [3.8, 4) is 11.5 Å². The topological polar surface area (TPSA) is 114 Å². The molecular weight excluding hydrogens is 576 g/mol. The predicted octanol–water partition coefficient (Wildman–Crippen LogP) is 5.44. The first-order valence-electron chi connectivity index (χ1n) is 11.2. The lowest BCUT2D eigenvalue weighted by Gasteiger charge is -2.34. The van der Waals surface area contributed by atoms with E-state index in [9.17, 15) is 18.3 Å². The first-order chi connectivity index (χ1) is 16.4. The number of hydrogen-bond acceptors (Lipinski definition) is 6. The minimum absolute atomic E-state index is 0.0529. The number of ether oxygens (including phenoxy) is 1. The quantitative estimate of drug-likeness (QED) is 0.206. The number of rotatable bonds is 13. The van der Waals surface area contributed by atoms with Gasteiger partial charge in [0.15, 0.2) is 14.9 Å². The highest BCUT2D eigenvalue weighted by molar-refractivity contribution is 9.10. The Bertz CT molecular complexity index is 1120. The zero-order valence-electron chi connectivity index (χ0n) is 20.2. The molecule has 2 aromatic rings. The van der Waals surface area contributed by atoms with Crippen LogP contribution in [0.3, 0.4) is 0 Å². The average Bonchev–Trinajstić information content (AvgIpc) is 2.81. The molecule has 0 aliphatic heterocycles. The molecule has 1 amide bonds. The molecule has 194 valence electrons. The van der Waals surface area contributed by atoms with Crippen molar-refractivity contribution in [3.05, 3.63) is 51.5 Å². The molecule has 35 heavy (non-hydrogen) atoms. The maximum atomic E-state index is 12.5. The number of hydrogen-bond donors (Lipinski definition) is 3. The summed E-state index contributed by atoms with van der Waals surface area (Å²) in [6.07, 6.45) is 0.475. The molecular formula is C23H32BrClN2O6SSi. The maximum absolute atomic E-state index is 12.5. The largest absolute Gasteiger partial charge is 0.506 e. The summed E-state index contributed by atoms with van der Waals surface area (Å²) in [6, 6.07) is 12.3. The number of carbonyl (C=O) groups is 1. The van der Waals surface area contributed by atoms with Crippen LogP contribution in [0.2, 0.25) is 23.2 Å². The third kappa shape index (κ3) is 8.98. The molecule has 0 fully saturated rings. The Morgan fingerprint density at radius 2 is 1.80 bits per heavy atom. The Hall–Kier alpha value is -1.79. The Balaban J connectivity index is 2.20. The van der Waals surface area contributed by atoms with Crippen molar-refractivity contribution >= 4 is 57.5 Å². The Morgan fingerprint density at radius 1 is 1.14 bits per heavy atom. The van der Waals surface area contributed by atoms with Gasteiger partial charge in [-0.2, -0.15) is 0 Å². The smallest absolute Gasteiger partial charge is 0.258 e. The van der Waals surface area contributed by atoms with Crippen LogP contribution in [0, 0.1) is 0 Å². The van der Waals surface area contributed by atoms with Gasteiger partial charge >= 0.3 is 0 Å². The van der Waals surface area contributed by atoms with E-state index in [2.05, 4.69) is 46.7 Å². The lowest BCUT2D eigenvalue weighted by atomic mass is 10.1. The molecule has 8 nitrogen and oxygen atoms in total. The predicted molar refractivity (Wildman–Crippen MR) is 145 cm³/mol. The molecule has 2 aromatic carbocycles. The van der Waals surface area contributed by atoms with Crippen molar-refractivity contribution in [3.63, 3.8) is 0 Å². The normalized spacial score (nSPS) is 12.7. The van der Waals surface area contributed by atoms with E-state index in [-0.39, 0.29) is 30.5 Å². The molecule has 0 heterocycles. The summed E-state index contributed by atoms with van der Waals surface area (Å²) in [5.41, 5.74) is 0.694. The van der Waals surface area contributed by atoms with Crippen molar-refractivity contribution in [1.82, 2.24) is 5.32 Å². The van der Waals surface area contributed by atoms with E-state index < -0.39 is 24.4 Å². The van der Waals surface area contributed by atoms with Crippen LogP contribution in [-0.2, 0) is 19.2 Å². The van der Waals surface area contributed by atoms with Gasteiger partial charge in [0, 0.05) is 11.0 Å². The summed E-state index contributed by atoms with van der Waals surface area (Å²) in [5.74, 6) is -0.0817. The molecule has 1 unspecified atom stereocenters. The number of phenols is 1. The van der Waals surface area contributed by atoms with Crippen molar-refractivity contribution in [2.24, 2.45) is 0 Å². The second-order valence-electron chi connectivity index (χ2n) is 8.17. The number of sulfonamides is 1.